The topological polar surface area (TPSA) is 44.1 Å². The van der Waals surface area contributed by atoms with Crippen LogP contribution in [0.2, 0.25) is 5.02 Å². The van der Waals surface area contributed by atoms with E-state index in [9.17, 15) is 4.79 Å². The van der Waals surface area contributed by atoms with E-state index in [4.69, 9.17) is 16.9 Å². The number of rotatable bonds is 4. The molecule has 0 spiro atoms. The highest BCUT2D eigenvalue weighted by molar-refractivity contribution is 6.30. The predicted molar refractivity (Wildman–Crippen MR) is 75.0 cm³/mol. The fourth-order valence-corrected chi connectivity index (χ4v) is 2.81. The van der Waals surface area contributed by atoms with Crippen LogP contribution in [0, 0.1) is 11.3 Å². The minimum absolute atomic E-state index is 0.00958. The molecule has 1 aliphatic rings. The lowest BCUT2D eigenvalue weighted by Crippen LogP contribution is -2.39. The number of hydrogen-bond donors (Lipinski definition) is 0. The zero-order valence-corrected chi connectivity index (χ0v) is 11.6. The standard InChI is InChI=1S/C15H17ClN2O/c16-13-6-3-5-12(11-13)15(19)18(10-4-9-17)14-7-1-2-8-14/h3,5-6,11,14H,1-2,4,7-8,10H2. The van der Waals surface area contributed by atoms with Gasteiger partial charge in [-0.2, -0.15) is 5.26 Å². The third-order valence-corrected chi connectivity index (χ3v) is 3.80. The van der Waals surface area contributed by atoms with Crippen LogP contribution >= 0.6 is 11.6 Å². The number of halogens is 1. The summed E-state index contributed by atoms with van der Waals surface area (Å²) in [5, 5.41) is 9.31. The van der Waals surface area contributed by atoms with Crippen LogP contribution in [0.3, 0.4) is 0 Å². The van der Waals surface area contributed by atoms with Gasteiger partial charge in [0, 0.05) is 23.2 Å². The largest absolute Gasteiger partial charge is 0.335 e. The number of benzene rings is 1. The van der Waals surface area contributed by atoms with Gasteiger partial charge in [-0.25, -0.2) is 0 Å². The lowest BCUT2D eigenvalue weighted by molar-refractivity contribution is 0.0686. The maximum absolute atomic E-state index is 12.5. The van der Waals surface area contributed by atoms with E-state index in [1.165, 1.54) is 0 Å². The number of carbonyl (C=O) groups is 1. The van der Waals surface area contributed by atoms with Gasteiger partial charge < -0.3 is 4.90 Å². The molecule has 0 atom stereocenters. The molecular weight excluding hydrogens is 260 g/mol. The first-order valence-corrected chi connectivity index (χ1v) is 7.03. The Labute approximate surface area is 118 Å². The van der Waals surface area contributed by atoms with Crippen molar-refractivity contribution in [2.75, 3.05) is 6.54 Å². The molecule has 0 bridgehead atoms. The molecule has 0 unspecified atom stereocenters. The summed E-state index contributed by atoms with van der Waals surface area (Å²) in [7, 11) is 0. The molecule has 2 rings (SSSR count). The number of nitriles is 1. The van der Waals surface area contributed by atoms with Crippen LogP contribution < -0.4 is 0 Å². The van der Waals surface area contributed by atoms with Gasteiger partial charge in [-0.3, -0.25) is 4.79 Å². The van der Waals surface area contributed by atoms with Crippen LogP contribution in [0.1, 0.15) is 42.5 Å². The van der Waals surface area contributed by atoms with Crippen LogP contribution in [-0.2, 0) is 0 Å². The quantitative estimate of drug-likeness (QED) is 0.843. The van der Waals surface area contributed by atoms with Gasteiger partial charge >= 0.3 is 0 Å². The van der Waals surface area contributed by atoms with E-state index in [1.807, 2.05) is 4.90 Å². The average molecular weight is 277 g/mol. The van der Waals surface area contributed by atoms with Gasteiger partial charge in [-0.05, 0) is 31.0 Å². The molecule has 0 aromatic heterocycles. The molecule has 1 aliphatic carbocycles. The van der Waals surface area contributed by atoms with E-state index in [-0.39, 0.29) is 11.9 Å². The van der Waals surface area contributed by atoms with E-state index >= 15 is 0 Å². The van der Waals surface area contributed by atoms with Gasteiger partial charge in [-0.15, -0.1) is 0 Å². The van der Waals surface area contributed by atoms with E-state index in [1.54, 1.807) is 24.3 Å². The lowest BCUT2D eigenvalue weighted by atomic mass is 10.1. The Morgan fingerprint density at radius 2 is 2.16 bits per heavy atom. The number of carbonyl (C=O) groups excluding carboxylic acids is 1. The Morgan fingerprint density at radius 3 is 2.79 bits per heavy atom. The lowest BCUT2D eigenvalue weighted by Gasteiger charge is -2.28. The first-order valence-electron chi connectivity index (χ1n) is 6.66. The highest BCUT2D eigenvalue weighted by atomic mass is 35.5. The maximum atomic E-state index is 12.5. The van der Waals surface area contributed by atoms with E-state index in [0.29, 0.717) is 23.6 Å². The van der Waals surface area contributed by atoms with E-state index in [0.717, 1.165) is 25.7 Å². The molecule has 0 aliphatic heterocycles. The van der Waals surface area contributed by atoms with Crippen molar-refractivity contribution in [2.45, 2.75) is 38.1 Å². The van der Waals surface area contributed by atoms with Gasteiger partial charge in [0.25, 0.3) is 5.91 Å². The number of amides is 1. The van der Waals surface area contributed by atoms with Gasteiger partial charge in [-0.1, -0.05) is 30.5 Å². The Bertz CT molecular complexity index is 489. The van der Waals surface area contributed by atoms with Crippen molar-refractivity contribution < 1.29 is 4.79 Å². The summed E-state index contributed by atoms with van der Waals surface area (Å²) in [5.74, 6) is -0.00958. The van der Waals surface area contributed by atoms with E-state index < -0.39 is 0 Å². The fraction of sp³-hybridized carbons (Fsp3) is 0.467. The first kappa shape index (κ1) is 13.9. The summed E-state index contributed by atoms with van der Waals surface area (Å²) in [4.78, 5) is 14.4. The molecule has 0 saturated heterocycles. The summed E-state index contributed by atoms with van der Waals surface area (Å²) in [6, 6.07) is 9.41. The number of hydrogen-bond acceptors (Lipinski definition) is 2. The summed E-state index contributed by atoms with van der Waals surface area (Å²) >= 11 is 5.93. The van der Waals surface area contributed by atoms with Gasteiger partial charge in [0.1, 0.15) is 0 Å². The Kier molecular flexibility index (Phi) is 4.81. The van der Waals surface area contributed by atoms with Gasteiger partial charge in [0.15, 0.2) is 0 Å². The number of nitrogens with zero attached hydrogens (tertiary/aromatic N) is 2. The molecule has 0 N–H and O–H groups in total. The third-order valence-electron chi connectivity index (χ3n) is 3.56. The third kappa shape index (κ3) is 3.48. The van der Waals surface area contributed by atoms with Crippen LogP contribution in [0.25, 0.3) is 0 Å². The molecule has 3 nitrogen and oxygen atoms in total. The first-order chi connectivity index (χ1) is 9.22. The molecule has 100 valence electrons. The summed E-state index contributed by atoms with van der Waals surface area (Å²) in [6.07, 6.45) is 4.78. The fourth-order valence-electron chi connectivity index (χ4n) is 2.62. The second-order valence-electron chi connectivity index (χ2n) is 4.86. The second-order valence-corrected chi connectivity index (χ2v) is 5.29. The van der Waals surface area contributed by atoms with Crippen molar-refractivity contribution in [1.82, 2.24) is 4.90 Å². The van der Waals surface area contributed by atoms with Crippen molar-refractivity contribution in [2.24, 2.45) is 0 Å². The summed E-state index contributed by atoms with van der Waals surface area (Å²) in [5.41, 5.74) is 0.609. The molecule has 1 amide bonds. The van der Waals surface area contributed by atoms with Crippen molar-refractivity contribution in [3.63, 3.8) is 0 Å². The van der Waals surface area contributed by atoms with E-state index in [2.05, 4.69) is 6.07 Å². The van der Waals surface area contributed by atoms with Crippen LogP contribution in [0.4, 0.5) is 0 Å². The minimum Gasteiger partial charge on any atom is -0.335 e. The van der Waals surface area contributed by atoms with Crippen molar-refractivity contribution in [3.05, 3.63) is 34.9 Å². The molecule has 0 radical (unpaired) electrons. The molecular formula is C15H17ClN2O. The van der Waals surface area contributed by atoms with Crippen LogP contribution in [0.5, 0.6) is 0 Å². The highest BCUT2D eigenvalue weighted by Gasteiger charge is 2.27. The van der Waals surface area contributed by atoms with Gasteiger partial charge in [0.2, 0.25) is 0 Å². The van der Waals surface area contributed by atoms with Crippen molar-refractivity contribution in [1.29, 1.82) is 5.26 Å². The maximum Gasteiger partial charge on any atom is 0.254 e. The monoisotopic (exact) mass is 276 g/mol. The Balaban J connectivity index is 2.17. The van der Waals surface area contributed by atoms with Gasteiger partial charge in [0.05, 0.1) is 12.5 Å². The molecule has 1 aromatic carbocycles. The molecule has 0 heterocycles. The zero-order valence-electron chi connectivity index (χ0n) is 10.8. The van der Waals surface area contributed by atoms with Crippen molar-refractivity contribution in [3.8, 4) is 6.07 Å². The smallest absolute Gasteiger partial charge is 0.254 e. The molecule has 1 saturated carbocycles. The normalized spacial score (nSPS) is 15.2. The summed E-state index contributed by atoms with van der Waals surface area (Å²) < 4.78 is 0. The molecule has 19 heavy (non-hydrogen) atoms. The molecule has 1 fully saturated rings. The minimum atomic E-state index is -0.00958. The second kappa shape index (κ2) is 6.58. The van der Waals surface area contributed by atoms with Crippen LogP contribution in [-0.4, -0.2) is 23.4 Å². The summed E-state index contributed by atoms with van der Waals surface area (Å²) in [6.45, 7) is 0.506. The highest BCUT2D eigenvalue weighted by Crippen LogP contribution is 2.25. The average Bonchev–Trinajstić information content (AvgIpc) is 2.93. The Morgan fingerprint density at radius 1 is 1.42 bits per heavy atom. The predicted octanol–water partition coefficient (Wildman–Crippen LogP) is 3.64. The molecule has 1 aromatic rings. The Hall–Kier alpha value is -1.53. The van der Waals surface area contributed by atoms with Crippen molar-refractivity contribution >= 4 is 17.5 Å². The zero-order chi connectivity index (χ0) is 13.7. The SMILES string of the molecule is N#CCCN(C(=O)c1cccc(Cl)c1)C1CCCC1. The van der Waals surface area contributed by atoms with Crippen LogP contribution in [0.15, 0.2) is 24.3 Å². The molecule has 4 heteroatoms.